The van der Waals surface area contributed by atoms with Crippen molar-refractivity contribution in [3.63, 3.8) is 0 Å². The van der Waals surface area contributed by atoms with Gasteiger partial charge in [0, 0.05) is 7.04 Å². The van der Waals surface area contributed by atoms with Crippen LogP contribution in [0.2, 0.25) is 0 Å². The van der Waals surface area contributed by atoms with Crippen molar-refractivity contribution < 1.29 is 0 Å². The van der Waals surface area contributed by atoms with Gasteiger partial charge in [0.15, 0.2) is 0 Å². The maximum absolute atomic E-state index is 8.49. The van der Waals surface area contributed by atoms with Gasteiger partial charge in [-0.25, -0.2) is 0 Å². The first-order valence-electron chi connectivity index (χ1n) is 6.44. The fraction of sp³-hybridized carbons (Fsp3) is 1.00. The molecule has 4 fully saturated rings. The van der Waals surface area contributed by atoms with Gasteiger partial charge in [-0.05, 0) is 69.3 Å². The van der Waals surface area contributed by atoms with Gasteiger partial charge in [0.2, 0.25) is 0 Å². The van der Waals surface area contributed by atoms with Crippen molar-refractivity contribution in [3.05, 3.63) is 0 Å². The molecule has 0 nitrogen and oxygen atoms in total. The van der Waals surface area contributed by atoms with Crippen LogP contribution in [-0.4, -0.2) is 7.71 Å². The zero-order valence-corrected chi connectivity index (χ0v) is 11.7. The Morgan fingerprint density at radius 3 is 2.21 bits per heavy atom. The summed E-state index contributed by atoms with van der Waals surface area (Å²) in [6.45, 7) is 0. The predicted octanol–water partition coefficient (Wildman–Crippen LogP) is 4.55. The first-order valence-corrected chi connectivity index (χ1v) is 10.6. The van der Waals surface area contributed by atoms with E-state index in [2.05, 4.69) is 0 Å². The van der Waals surface area contributed by atoms with E-state index in [1.807, 2.05) is 0 Å². The molecule has 0 amide bonds. The molecule has 0 aromatic rings. The number of rotatable bonds is 3. The standard InChI is InChI=1S/C10H17P3S/c14-13-12-11-10-4-7-1-8(5-10)3-9(2-7)6-10/h7-9,11-12H,1-6H2/i11T,12D. The lowest BCUT2D eigenvalue weighted by Gasteiger charge is -2.56. The maximum Gasteiger partial charge on any atom is 0.0727 e. The third kappa shape index (κ3) is 1.84. The van der Waals surface area contributed by atoms with Crippen LogP contribution in [0.25, 0.3) is 0 Å². The van der Waals surface area contributed by atoms with Gasteiger partial charge < -0.3 is 0 Å². The highest BCUT2D eigenvalue weighted by Crippen LogP contribution is 2.68. The third-order valence-corrected chi connectivity index (χ3v) is 10.6. The molecule has 2 unspecified atom stereocenters. The lowest BCUT2D eigenvalue weighted by molar-refractivity contribution is 0.0375. The predicted molar refractivity (Wildman–Crippen MR) is 71.8 cm³/mol. The third-order valence-electron chi connectivity index (χ3n) is 4.30. The van der Waals surface area contributed by atoms with E-state index in [0.29, 0.717) is 0 Å². The first kappa shape index (κ1) is 8.47. The molecule has 4 aliphatic rings. The summed E-state index contributed by atoms with van der Waals surface area (Å²) in [6, 6.07) is 0. The van der Waals surface area contributed by atoms with Gasteiger partial charge in [-0.1, -0.05) is 20.0 Å². The second kappa shape index (κ2) is 4.00. The molecule has 4 heteroatoms. The molecule has 0 aliphatic heterocycles. The van der Waals surface area contributed by atoms with Crippen LogP contribution in [0.4, 0.5) is 0 Å². The summed E-state index contributed by atoms with van der Waals surface area (Å²) in [6.07, 6.45) is 8.13. The van der Waals surface area contributed by atoms with Crippen LogP contribution in [-0.2, 0) is 11.8 Å². The Kier molecular flexibility index (Phi) is 2.42. The molecular weight excluding hydrogens is 245 g/mol. The van der Waals surface area contributed by atoms with Crippen LogP contribution < -0.4 is 0 Å². The van der Waals surface area contributed by atoms with Gasteiger partial charge in [-0.3, -0.25) is 0 Å². The highest BCUT2D eigenvalue weighted by atomic mass is 32.7. The van der Waals surface area contributed by atoms with Crippen molar-refractivity contribution in [2.24, 2.45) is 17.8 Å². The summed E-state index contributed by atoms with van der Waals surface area (Å²) in [5.74, 6) is 2.73. The molecule has 4 saturated carbocycles. The molecule has 4 aliphatic carbocycles. The zero-order chi connectivity index (χ0) is 11.3. The summed E-state index contributed by atoms with van der Waals surface area (Å²) in [5.41, 5.74) is 0. The van der Waals surface area contributed by atoms with Gasteiger partial charge in [-0.15, -0.1) is 0 Å². The molecule has 2 atom stereocenters. The highest BCUT2D eigenvalue weighted by Gasteiger charge is 2.50. The summed E-state index contributed by atoms with van der Waals surface area (Å²) >= 11 is 5.02. The van der Waals surface area contributed by atoms with Gasteiger partial charge >= 0.3 is 0 Å². The van der Waals surface area contributed by atoms with Crippen LogP contribution in [0, 0.1) is 17.8 Å². The van der Waals surface area contributed by atoms with Gasteiger partial charge in [-0.2, -0.15) is 0 Å². The normalized spacial score (nSPS) is 56.7. The van der Waals surface area contributed by atoms with E-state index in [9.17, 15) is 0 Å². The van der Waals surface area contributed by atoms with Gasteiger partial charge in [0.25, 0.3) is 0 Å². The van der Waals surface area contributed by atoms with E-state index in [4.69, 9.17) is 14.4 Å². The van der Waals surface area contributed by atoms with Gasteiger partial charge in [0.1, 0.15) is 0 Å². The Bertz CT molecular complexity index is 277. The van der Waals surface area contributed by atoms with E-state index in [-0.39, 0.29) is 5.16 Å². The Morgan fingerprint density at radius 1 is 1.29 bits per heavy atom. The van der Waals surface area contributed by atoms with Crippen molar-refractivity contribution in [1.82, 2.24) is 0 Å². The van der Waals surface area contributed by atoms with Crippen molar-refractivity contribution in [2.75, 3.05) is 0 Å². The van der Waals surface area contributed by atoms with Crippen LogP contribution in [0.5, 0.6) is 0 Å². The van der Waals surface area contributed by atoms with Crippen LogP contribution >= 0.6 is 23.2 Å². The molecule has 0 heterocycles. The minimum absolute atomic E-state index is 0.281. The van der Waals surface area contributed by atoms with Crippen LogP contribution in [0.15, 0.2) is 0 Å². The molecule has 78 valence electrons. The lowest BCUT2D eigenvalue weighted by atomic mass is 9.56. The van der Waals surface area contributed by atoms with Gasteiger partial charge in [0.05, 0.1) is 2.56 Å². The van der Waals surface area contributed by atoms with E-state index in [1.54, 1.807) is 0 Å². The molecular formula is C10H17P3S. The van der Waals surface area contributed by atoms with Crippen LogP contribution in [0.1, 0.15) is 38.5 Å². The molecule has 0 spiro atoms. The van der Waals surface area contributed by atoms with E-state index in [1.165, 1.54) is 38.5 Å². The SMILES string of the molecule is [2H]P(P=S)P([3H])C12CC3CC(CC(C3)C1)C2. The highest BCUT2D eigenvalue weighted by molar-refractivity contribution is 8.51. The molecule has 14 heavy (non-hydrogen) atoms. The molecule has 0 radical (unpaired) electrons. The average molecular weight is 265 g/mol. The quantitative estimate of drug-likeness (QED) is 0.674. The van der Waals surface area contributed by atoms with E-state index >= 15 is 0 Å². The number of hydrogen-bond donors (Lipinski definition) is 0. The van der Waals surface area contributed by atoms with E-state index < -0.39 is 16.1 Å². The minimum atomic E-state index is -0.932. The topological polar surface area (TPSA) is 0 Å². The Hall–Kier alpha value is 1.38. The molecule has 0 aromatic heterocycles. The molecule has 0 N–H and O–H groups in total. The van der Waals surface area contributed by atoms with Crippen molar-refractivity contribution >= 4 is 35.0 Å². The molecule has 0 saturated heterocycles. The second-order valence-electron chi connectivity index (χ2n) is 5.41. The zero-order valence-electron chi connectivity index (χ0n) is 10.2. The summed E-state index contributed by atoms with van der Waals surface area (Å²) < 4.78 is 16.5. The molecule has 4 bridgehead atoms. The minimum Gasteiger partial charge on any atom is -0.0831 e. The summed E-state index contributed by atoms with van der Waals surface area (Å²) in [4.78, 5) is 0. The summed E-state index contributed by atoms with van der Waals surface area (Å²) in [7, 11) is -1.01. The largest absolute Gasteiger partial charge is 0.0831 e. The fourth-order valence-electron chi connectivity index (χ4n) is 4.30. The smallest absolute Gasteiger partial charge is 0.0727 e. The van der Waals surface area contributed by atoms with Crippen molar-refractivity contribution in [3.8, 4) is 0 Å². The Labute approximate surface area is 99.1 Å². The summed E-state index contributed by atoms with van der Waals surface area (Å²) in [5, 5.41) is 0.281. The Balaban J connectivity index is 1.85. The monoisotopic (exact) mass is 265 g/mol. The average Bonchev–Trinajstić information content (AvgIpc) is 2.25. The Morgan fingerprint density at radius 2 is 1.79 bits per heavy atom. The second-order valence-corrected chi connectivity index (χ2v) is 11.6. The van der Waals surface area contributed by atoms with Crippen molar-refractivity contribution in [1.29, 1.82) is 2.56 Å². The van der Waals surface area contributed by atoms with Crippen molar-refractivity contribution in [2.45, 2.75) is 43.7 Å². The molecule has 0 aromatic carbocycles. The van der Waals surface area contributed by atoms with Crippen LogP contribution in [0.3, 0.4) is 0 Å². The van der Waals surface area contributed by atoms with E-state index in [0.717, 1.165) is 24.8 Å². The first-order chi connectivity index (χ1) is 7.63. The number of hydrogen-bond acceptors (Lipinski definition) is 1. The lowest BCUT2D eigenvalue weighted by Crippen LogP contribution is -2.47. The molecule has 4 rings (SSSR count). The fourth-order valence-corrected chi connectivity index (χ4v) is 9.98. The maximum atomic E-state index is 8.49.